The highest BCUT2D eigenvalue weighted by Gasteiger charge is 2.30. The van der Waals surface area contributed by atoms with Gasteiger partial charge in [0.1, 0.15) is 5.82 Å². The number of rotatable bonds is 4. The zero-order valence-corrected chi connectivity index (χ0v) is 9.46. The summed E-state index contributed by atoms with van der Waals surface area (Å²) in [5, 5.41) is 3.02. The van der Waals surface area contributed by atoms with Crippen LogP contribution in [-0.2, 0) is 19.3 Å². The number of aromatic nitrogens is 2. The van der Waals surface area contributed by atoms with Gasteiger partial charge in [-0.3, -0.25) is 0 Å². The maximum Gasteiger partial charge on any atom is 0.416 e. The van der Waals surface area contributed by atoms with Crippen LogP contribution >= 0.6 is 0 Å². The Morgan fingerprint density at radius 1 is 1.22 bits per heavy atom. The number of hydrogen-bond donors (Lipinski definition) is 2. The molecule has 96 valence electrons. The van der Waals surface area contributed by atoms with E-state index in [1.807, 2.05) is 0 Å². The van der Waals surface area contributed by atoms with Gasteiger partial charge in [0.05, 0.1) is 12.1 Å². The van der Waals surface area contributed by atoms with Gasteiger partial charge in [-0.1, -0.05) is 18.2 Å². The van der Waals surface area contributed by atoms with Crippen LogP contribution in [0.3, 0.4) is 0 Å². The van der Waals surface area contributed by atoms with E-state index in [1.54, 1.807) is 18.5 Å². The van der Waals surface area contributed by atoms with Crippen molar-refractivity contribution < 1.29 is 13.2 Å². The van der Waals surface area contributed by atoms with E-state index >= 15 is 0 Å². The molecule has 0 fully saturated rings. The normalized spacial score (nSPS) is 11.7. The standard InChI is InChI=1S/C12H12F3N3/c13-12(14,15)10-3-1-2-9(6-10)7-16-8-11-17-4-5-18-11/h1-6,16H,7-8H2,(H,17,18). The molecule has 2 rings (SSSR count). The zero-order valence-electron chi connectivity index (χ0n) is 9.46. The summed E-state index contributed by atoms with van der Waals surface area (Å²) >= 11 is 0. The number of halogens is 3. The van der Waals surface area contributed by atoms with Crippen LogP contribution in [0.25, 0.3) is 0 Å². The van der Waals surface area contributed by atoms with Gasteiger partial charge in [-0.15, -0.1) is 0 Å². The van der Waals surface area contributed by atoms with E-state index in [1.165, 1.54) is 6.07 Å². The van der Waals surface area contributed by atoms with E-state index in [4.69, 9.17) is 0 Å². The van der Waals surface area contributed by atoms with Gasteiger partial charge in [-0.2, -0.15) is 13.2 Å². The first-order chi connectivity index (χ1) is 8.55. The van der Waals surface area contributed by atoms with Gasteiger partial charge in [0.15, 0.2) is 0 Å². The van der Waals surface area contributed by atoms with Crippen LogP contribution in [-0.4, -0.2) is 9.97 Å². The van der Waals surface area contributed by atoms with Crippen LogP contribution < -0.4 is 5.32 Å². The third kappa shape index (κ3) is 3.33. The Hall–Kier alpha value is -1.82. The molecule has 0 aliphatic carbocycles. The molecule has 0 radical (unpaired) electrons. The SMILES string of the molecule is FC(F)(F)c1cccc(CNCc2ncc[nH]2)c1. The van der Waals surface area contributed by atoms with E-state index < -0.39 is 11.7 Å². The third-order valence-corrected chi connectivity index (χ3v) is 2.43. The van der Waals surface area contributed by atoms with E-state index in [9.17, 15) is 13.2 Å². The molecular formula is C12H12F3N3. The van der Waals surface area contributed by atoms with Crippen LogP contribution in [0.5, 0.6) is 0 Å². The van der Waals surface area contributed by atoms with Gasteiger partial charge < -0.3 is 10.3 Å². The van der Waals surface area contributed by atoms with Crippen molar-refractivity contribution in [2.24, 2.45) is 0 Å². The summed E-state index contributed by atoms with van der Waals surface area (Å²) in [5.74, 6) is 0.752. The fourth-order valence-corrected chi connectivity index (χ4v) is 1.58. The van der Waals surface area contributed by atoms with Crippen molar-refractivity contribution in [2.45, 2.75) is 19.3 Å². The first-order valence-corrected chi connectivity index (χ1v) is 5.41. The zero-order chi connectivity index (χ0) is 13.0. The molecule has 2 aromatic rings. The number of alkyl halides is 3. The van der Waals surface area contributed by atoms with Gasteiger partial charge in [-0.25, -0.2) is 4.98 Å². The minimum absolute atomic E-state index is 0.366. The lowest BCUT2D eigenvalue weighted by atomic mass is 10.1. The number of nitrogens with one attached hydrogen (secondary N) is 2. The lowest BCUT2D eigenvalue weighted by molar-refractivity contribution is -0.137. The molecule has 0 atom stereocenters. The van der Waals surface area contributed by atoms with E-state index in [2.05, 4.69) is 15.3 Å². The van der Waals surface area contributed by atoms with Crippen molar-refractivity contribution >= 4 is 0 Å². The molecule has 1 heterocycles. The second kappa shape index (κ2) is 5.22. The largest absolute Gasteiger partial charge is 0.416 e. The van der Waals surface area contributed by atoms with Crippen LogP contribution in [0.4, 0.5) is 13.2 Å². The molecule has 1 aromatic heterocycles. The minimum Gasteiger partial charge on any atom is -0.348 e. The molecule has 0 bridgehead atoms. The second-order valence-corrected chi connectivity index (χ2v) is 3.84. The second-order valence-electron chi connectivity index (χ2n) is 3.84. The van der Waals surface area contributed by atoms with Crippen molar-refractivity contribution in [2.75, 3.05) is 0 Å². The van der Waals surface area contributed by atoms with Gasteiger partial charge in [-0.05, 0) is 11.6 Å². The van der Waals surface area contributed by atoms with E-state index in [0.29, 0.717) is 18.7 Å². The topological polar surface area (TPSA) is 40.7 Å². The van der Waals surface area contributed by atoms with Crippen LogP contribution in [0.15, 0.2) is 36.7 Å². The molecule has 0 aliphatic rings. The molecule has 0 aliphatic heterocycles. The fraction of sp³-hybridized carbons (Fsp3) is 0.250. The molecule has 18 heavy (non-hydrogen) atoms. The molecule has 1 aromatic carbocycles. The highest BCUT2D eigenvalue weighted by molar-refractivity contribution is 5.25. The Bertz CT molecular complexity index is 492. The minimum atomic E-state index is -4.29. The highest BCUT2D eigenvalue weighted by atomic mass is 19.4. The number of imidazole rings is 1. The van der Waals surface area contributed by atoms with Gasteiger partial charge in [0, 0.05) is 18.9 Å². The van der Waals surface area contributed by atoms with Gasteiger partial charge in [0.25, 0.3) is 0 Å². The monoisotopic (exact) mass is 255 g/mol. The Morgan fingerprint density at radius 3 is 2.72 bits per heavy atom. The lowest BCUT2D eigenvalue weighted by Gasteiger charge is -2.09. The van der Waals surface area contributed by atoms with Crippen molar-refractivity contribution in [3.63, 3.8) is 0 Å². The van der Waals surface area contributed by atoms with Gasteiger partial charge >= 0.3 is 6.18 Å². The number of hydrogen-bond acceptors (Lipinski definition) is 2. The predicted molar refractivity (Wildman–Crippen MR) is 60.6 cm³/mol. The molecular weight excluding hydrogens is 243 g/mol. The Morgan fingerprint density at radius 2 is 2.06 bits per heavy atom. The number of aromatic amines is 1. The molecule has 0 unspecified atom stereocenters. The van der Waals surface area contributed by atoms with E-state index in [-0.39, 0.29) is 0 Å². The van der Waals surface area contributed by atoms with Crippen molar-refractivity contribution in [1.82, 2.24) is 15.3 Å². The maximum atomic E-state index is 12.5. The number of H-pyrrole nitrogens is 1. The third-order valence-electron chi connectivity index (χ3n) is 2.43. The van der Waals surface area contributed by atoms with Crippen molar-refractivity contribution in [3.05, 3.63) is 53.6 Å². The van der Waals surface area contributed by atoms with Crippen molar-refractivity contribution in [3.8, 4) is 0 Å². The number of nitrogens with zero attached hydrogens (tertiary/aromatic N) is 1. The summed E-state index contributed by atoms with van der Waals surface area (Å²) in [6.07, 6.45) is -0.973. The lowest BCUT2D eigenvalue weighted by Crippen LogP contribution is -2.14. The van der Waals surface area contributed by atoms with Gasteiger partial charge in [0.2, 0.25) is 0 Å². The Kier molecular flexibility index (Phi) is 3.66. The summed E-state index contributed by atoms with van der Waals surface area (Å²) in [5.41, 5.74) is -0.0313. The van der Waals surface area contributed by atoms with Crippen LogP contribution in [0.2, 0.25) is 0 Å². The average Bonchev–Trinajstić information content (AvgIpc) is 2.81. The fourth-order valence-electron chi connectivity index (χ4n) is 1.58. The molecule has 0 saturated heterocycles. The predicted octanol–water partition coefficient (Wildman–Crippen LogP) is 2.72. The molecule has 6 heteroatoms. The van der Waals surface area contributed by atoms with E-state index in [0.717, 1.165) is 18.0 Å². The van der Waals surface area contributed by atoms with Crippen LogP contribution in [0.1, 0.15) is 17.0 Å². The summed E-state index contributed by atoms with van der Waals surface area (Å²) in [6, 6.07) is 5.28. The first-order valence-electron chi connectivity index (χ1n) is 5.41. The van der Waals surface area contributed by atoms with Crippen LogP contribution in [0, 0.1) is 0 Å². The Labute approximate surface area is 102 Å². The summed E-state index contributed by atoms with van der Waals surface area (Å²) in [7, 11) is 0. The summed E-state index contributed by atoms with van der Waals surface area (Å²) in [4.78, 5) is 6.91. The molecule has 0 saturated carbocycles. The quantitative estimate of drug-likeness (QED) is 0.881. The summed E-state index contributed by atoms with van der Waals surface area (Å²) < 4.78 is 37.4. The average molecular weight is 255 g/mol. The molecule has 0 spiro atoms. The smallest absolute Gasteiger partial charge is 0.348 e. The molecule has 0 amide bonds. The summed E-state index contributed by atoms with van der Waals surface area (Å²) in [6.45, 7) is 0.855. The highest BCUT2D eigenvalue weighted by Crippen LogP contribution is 2.29. The first kappa shape index (κ1) is 12.6. The maximum absolute atomic E-state index is 12.5. The number of benzene rings is 1. The van der Waals surface area contributed by atoms with Crippen molar-refractivity contribution in [1.29, 1.82) is 0 Å². The Balaban J connectivity index is 1.93. The molecule has 2 N–H and O–H groups in total. The molecule has 3 nitrogen and oxygen atoms in total.